The number of thioether (sulfide) groups is 1. The zero-order valence-corrected chi connectivity index (χ0v) is 9.66. The van der Waals surface area contributed by atoms with Crippen LogP contribution in [0.4, 0.5) is 0 Å². The van der Waals surface area contributed by atoms with Gasteiger partial charge in [-0.05, 0) is 0 Å². The van der Waals surface area contributed by atoms with Gasteiger partial charge < -0.3 is 4.90 Å². The molecule has 0 aromatic carbocycles. The van der Waals surface area contributed by atoms with Crippen molar-refractivity contribution >= 4 is 33.6 Å². The summed E-state index contributed by atoms with van der Waals surface area (Å²) in [5, 5.41) is 1.39. The van der Waals surface area contributed by atoms with Crippen LogP contribution in [0.5, 0.6) is 0 Å². The van der Waals surface area contributed by atoms with E-state index < -0.39 is 0 Å². The Morgan fingerprint density at radius 1 is 1.75 bits per heavy atom. The number of hydrogen-bond donors (Lipinski definition) is 0. The van der Waals surface area contributed by atoms with Crippen LogP contribution in [-0.2, 0) is 4.79 Å². The van der Waals surface area contributed by atoms with E-state index in [1.165, 1.54) is 0 Å². The van der Waals surface area contributed by atoms with E-state index >= 15 is 0 Å². The molecule has 1 amide bonds. The normalized spacial score (nSPS) is 24.2. The molecular weight excluding hydrogens is 238 g/mol. The lowest BCUT2D eigenvalue weighted by atomic mass is 10.3. The minimum absolute atomic E-state index is 0.291. The fourth-order valence-corrected chi connectivity index (χ4v) is 2.64. The Bertz CT molecular complexity index is 165. The van der Waals surface area contributed by atoms with E-state index in [4.69, 9.17) is 0 Å². The summed E-state index contributed by atoms with van der Waals surface area (Å²) in [7, 11) is 0. The number of alkyl halides is 1. The van der Waals surface area contributed by atoms with Crippen molar-refractivity contribution in [3.05, 3.63) is 0 Å². The monoisotopic (exact) mass is 251 g/mol. The second-order valence-electron chi connectivity index (χ2n) is 2.96. The molecule has 0 bridgehead atoms. The molecule has 0 radical (unpaired) electrons. The Hall–Kier alpha value is 0.300. The summed E-state index contributed by atoms with van der Waals surface area (Å²) in [6.07, 6.45) is 0.636. The maximum absolute atomic E-state index is 11.4. The minimum Gasteiger partial charge on any atom is -0.341 e. The van der Waals surface area contributed by atoms with Crippen LogP contribution < -0.4 is 0 Å². The Morgan fingerprint density at radius 3 is 3.08 bits per heavy atom. The van der Waals surface area contributed by atoms with Gasteiger partial charge in [-0.3, -0.25) is 4.79 Å². The van der Waals surface area contributed by atoms with Crippen molar-refractivity contribution in [1.29, 1.82) is 0 Å². The molecule has 1 saturated heterocycles. The first-order chi connectivity index (χ1) is 5.74. The van der Waals surface area contributed by atoms with Crippen molar-refractivity contribution in [3.8, 4) is 0 Å². The summed E-state index contributed by atoms with van der Waals surface area (Å²) in [5.41, 5.74) is 0. The Balaban J connectivity index is 2.35. The first-order valence-electron chi connectivity index (χ1n) is 4.19. The molecular formula is C8H14BrNOS. The van der Waals surface area contributed by atoms with Crippen molar-refractivity contribution in [1.82, 2.24) is 4.90 Å². The number of carbonyl (C=O) groups excluding carboxylic acids is 1. The lowest BCUT2D eigenvalue weighted by Gasteiger charge is -2.30. The van der Waals surface area contributed by atoms with Gasteiger partial charge in [0.05, 0.1) is 0 Å². The fourth-order valence-electron chi connectivity index (χ4n) is 1.28. The van der Waals surface area contributed by atoms with Gasteiger partial charge in [0.2, 0.25) is 5.91 Å². The predicted molar refractivity (Wildman–Crippen MR) is 56.9 cm³/mol. The molecule has 12 heavy (non-hydrogen) atoms. The van der Waals surface area contributed by atoms with Crippen molar-refractivity contribution in [2.24, 2.45) is 0 Å². The average molecular weight is 252 g/mol. The lowest BCUT2D eigenvalue weighted by Crippen LogP contribution is -2.41. The van der Waals surface area contributed by atoms with Crippen molar-refractivity contribution in [3.63, 3.8) is 0 Å². The van der Waals surface area contributed by atoms with E-state index in [0.29, 0.717) is 17.6 Å². The predicted octanol–water partition coefficient (Wildman–Crippen LogP) is 1.74. The standard InChI is InChI=1S/C8H14BrNOS/c1-7-6-10(4-5-12-7)8(11)2-3-9/h7H,2-6H2,1H3. The SMILES string of the molecule is CC1CN(C(=O)CCBr)CCS1. The molecule has 1 heterocycles. The van der Waals surface area contributed by atoms with Gasteiger partial charge in [0, 0.05) is 35.8 Å². The van der Waals surface area contributed by atoms with Crippen LogP contribution >= 0.6 is 27.7 Å². The van der Waals surface area contributed by atoms with Gasteiger partial charge in [-0.25, -0.2) is 0 Å². The Morgan fingerprint density at radius 2 is 2.50 bits per heavy atom. The summed E-state index contributed by atoms with van der Waals surface area (Å²) >= 11 is 5.23. The number of nitrogens with zero attached hydrogens (tertiary/aromatic N) is 1. The van der Waals surface area contributed by atoms with Crippen LogP contribution in [0.25, 0.3) is 0 Å². The quantitative estimate of drug-likeness (QED) is 0.698. The van der Waals surface area contributed by atoms with Crippen LogP contribution in [0.2, 0.25) is 0 Å². The average Bonchev–Trinajstić information content (AvgIpc) is 2.05. The van der Waals surface area contributed by atoms with Crippen LogP contribution in [-0.4, -0.2) is 40.2 Å². The molecule has 1 atom stereocenters. The van der Waals surface area contributed by atoms with Gasteiger partial charge in [0.1, 0.15) is 0 Å². The van der Waals surface area contributed by atoms with E-state index in [1.54, 1.807) is 0 Å². The number of carbonyl (C=O) groups is 1. The van der Waals surface area contributed by atoms with Gasteiger partial charge in [0.25, 0.3) is 0 Å². The molecule has 70 valence electrons. The van der Waals surface area contributed by atoms with E-state index in [-0.39, 0.29) is 0 Å². The zero-order chi connectivity index (χ0) is 8.97. The second-order valence-corrected chi connectivity index (χ2v) is 5.30. The molecule has 0 N–H and O–H groups in total. The van der Waals surface area contributed by atoms with E-state index in [0.717, 1.165) is 24.2 Å². The third-order valence-electron chi connectivity index (χ3n) is 1.90. The highest BCUT2D eigenvalue weighted by molar-refractivity contribution is 9.09. The molecule has 0 aromatic heterocycles. The van der Waals surface area contributed by atoms with Gasteiger partial charge in [-0.2, -0.15) is 11.8 Å². The van der Waals surface area contributed by atoms with E-state index in [2.05, 4.69) is 22.9 Å². The van der Waals surface area contributed by atoms with Gasteiger partial charge >= 0.3 is 0 Å². The van der Waals surface area contributed by atoms with Crippen LogP contribution in [0.15, 0.2) is 0 Å². The fraction of sp³-hybridized carbons (Fsp3) is 0.875. The van der Waals surface area contributed by atoms with Crippen LogP contribution in [0, 0.1) is 0 Å². The molecule has 1 aliphatic rings. The third-order valence-corrected chi connectivity index (χ3v) is 3.44. The second kappa shape index (κ2) is 5.12. The first kappa shape index (κ1) is 10.4. The van der Waals surface area contributed by atoms with E-state index in [1.807, 2.05) is 16.7 Å². The molecule has 1 fully saturated rings. The topological polar surface area (TPSA) is 20.3 Å². The largest absolute Gasteiger partial charge is 0.341 e. The van der Waals surface area contributed by atoms with Crippen LogP contribution in [0.1, 0.15) is 13.3 Å². The van der Waals surface area contributed by atoms with Gasteiger partial charge in [0.15, 0.2) is 0 Å². The molecule has 0 aliphatic carbocycles. The molecule has 2 nitrogen and oxygen atoms in total. The molecule has 0 aromatic rings. The van der Waals surface area contributed by atoms with Crippen molar-refractivity contribution in [2.75, 3.05) is 24.2 Å². The highest BCUT2D eigenvalue weighted by Crippen LogP contribution is 2.18. The number of hydrogen-bond acceptors (Lipinski definition) is 2. The summed E-state index contributed by atoms with van der Waals surface area (Å²) in [6, 6.07) is 0. The highest BCUT2D eigenvalue weighted by Gasteiger charge is 2.20. The molecule has 1 unspecified atom stereocenters. The Labute approximate surface area is 86.2 Å². The van der Waals surface area contributed by atoms with Crippen molar-refractivity contribution in [2.45, 2.75) is 18.6 Å². The van der Waals surface area contributed by atoms with Gasteiger partial charge in [-0.15, -0.1) is 0 Å². The van der Waals surface area contributed by atoms with E-state index in [9.17, 15) is 4.79 Å². The summed E-state index contributed by atoms with van der Waals surface area (Å²) in [5.74, 6) is 1.38. The van der Waals surface area contributed by atoms with Crippen molar-refractivity contribution < 1.29 is 4.79 Å². The summed E-state index contributed by atoms with van der Waals surface area (Å²) in [4.78, 5) is 13.4. The molecule has 0 spiro atoms. The van der Waals surface area contributed by atoms with Gasteiger partial charge in [-0.1, -0.05) is 22.9 Å². The minimum atomic E-state index is 0.291. The lowest BCUT2D eigenvalue weighted by molar-refractivity contribution is -0.130. The maximum Gasteiger partial charge on any atom is 0.223 e. The number of amides is 1. The molecule has 1 aliphatic heterocycles. The molecule has 0 saturated carbocycles. The Kier molecular flexibility index (Phi) is 4.43. The third kappa shape index (κ3) is 2.98. The molecule has 4 heteroatoms. The maximum atomic E-state index is 11.4. The number of rotatable bonds is 2. The zero-order valence-electron chi connectivity index (χ0n) is 7.25. The first-order valence-corrected chi connectivity index (χ1v) is 6.36. The number of halogens is 1. The summed E-state index contributed by atoms with van der Waals surface area (Å²) < 4.78 is 0. The molecule has 1 rings (SSSR count). The van der Waals surface area contributed by atoms with Crippen LogP contribution in [0.3, 0.4) is 0 Å². The highest BCUT2D eigenvalue weighted by atomic mass is 79.9. The summed E-state index contributed by atoms with van der Waals surface area (Å²) in [6.45, 7) is 4.04. The smallest absolute Gasteiger partial charge is 0.223 e.